The maximum absolute atomic E-state index is 13.0. The average Bonchev–Trinajstić information content (AvgIpc) is 2.74. The van der Waals surface area contributed by atoms with Crippen molar-refractivity contribution in [2.24, 2.45) is 0 Å². The minimum atomic E-state index is -2.66. The first-order valence-corrected chi connectivity index (χ1v) is 12.1. The summed E-state index contributed by atoms with van der Waals surface area (Å²) in [5.41, 5.74) is 3.60. The van der Waals surface area contributed by atoms with Crippen LogP contribution in [0.25, 0.3) is 11.3 Å². The number of hydrogen-bond acceptors (Lipinski definition) is 6. The largest absolute Gasteiger partial charge is 0.497 e. The van der Waals surface area contributed by atoms with E-state index in [2.05, 4.69) is 15.3 Å². The van der Waals surface area contributed by atoms with E-state index in [9.17, 15) is 4.57 Å². The van der Waals surface area contributed by atoms with Crippen LogP contribution in [0.2, 0.25) is 0 Å². The van der Waals surface area contributed by atoms with Gasteiger partial charge in [-0.2, -0.15) is 0 Å². The van der Waals surface area contributed by atoms with Crippen molar-refractivity contribution >= 4 is 18.9 Å². The van der Waals surface area contributed by atoms with Crippen molar-refractivity contribution in [2.45, 2.75) is 26.4 Å². The molecule has 1 N–H and O–H groups in total. The number of methoxy groups -OCH3 is 1. The lowest BCUT2D eigenvalue weighted by Crippen LogP contribution is -2.00. The highest BCUT2D eigenvalue weighted by Gasteiger charge is 2.22. The molecule has 0 bridgehead atoms. The van der Waals surface area contributed by atoms with Gasteiger partial charge in [0.05, 0.1) is 19.4 Å². The van der Waals surface area contributed by atoms with Gasteiger partial charge in [-0.3, -0.25) is 4.57 Å². The number of benzene rings is 2. The number of aromatic nitrogens is 2. The molecule has 3 aromatic rings. The lowest BCUT2D eigenvalue weighted by molar-refractivity contribution is 0.332. The molecule has 0 spiro atoms. The smallest absolute Gasteiger partial charge is 0.207 e. The Hall–Kier alpha value is -2.69. The molecule has 30 heavy (non-hydrogen) atoms. The Morgan fingerprint density at radius 1 is 1.03 bits per heavy atom. The van der Waals surface area contributed by atoms with E-state index in [0.29, 0.717) is 24.7 Å². The zero-order valence-corrected chi connectivity index (χ0v) is 18.6. The lowest BCUT2D eigenvalue weighted by atomic mass is 10.1. The van der Waals surface area contributed by atoms with Gasteiger partial charge >= 0.3 is 0 Å². The molecule has 1 aromatic heterocycles. The van der Waals surface area contributed by atoms with Crippen LogP contribution in [0.15, 0.2) is 60.9 Å². The Bertz CT molecular complexity index is 1020. The van der Waals surface area contributed by atoms with Crippen molar-refractivity contribution in [1.82, 2.24) is 9.97 Å². The van der Waals surface area contributed by atoms with Crippen molar-refractivity contribution in [1.29, 1.82) is 0 Å². The predicted molar refractivity (Wildman–Crippen MR) is 122 cm³/mol. The zero-order valence-electron chi connectivity index (χ0n) is 17.7. The third-order valence-corrected chi connectivity index (χ3v) is 7.29. The summed E-state index contributed by atoms with van der Waals surface area (Å²) in [6.07, 6.45) is 3.39. The average molecular weight is 425 g/mol. The molecule has 0 fully saturated rings. The fourth-order valence-corrected chi connectivity index (χ4v) is 5.59. The normalized spacial score (nSPS) is 12.9. The summed E-state index contributed by atoms with van der Waals surface area (Å²) in [5, 5.41) is 3.32. The highest BCUT2D eigenvalue weighted by molar-refractivity contribution is 7.58. The van der Waals surface area contributed by atoms with Gasteiger partial charge in [-0.25, -0.2) is 9.97 Å². The fourth-order valence-electron chi connectivity index (χ4n) is 3.30. The van der Waals surface area contributed by atoms with E-state index in [1.54, 1.807) is 7.11 Å². The third-order valence-electron chi connectivity index (χ3n) is 4.58. The summed E-state index contributed by atoms with van der Waals surface area (Å²) in [4.78, 5) is 8.71. The summed E-state index contributed by atoms with van der Waals surface area (Å²) < 4.78 is 24.0. The number of ether oxygens (including phenoxy) is 1. The molecule has 2 aromatic carbocycles. The van der Waals surface area contributed by atoms with Gasteiger partial charge in [0, 0.05) is 29.6 Å². The lowest BCUT2D eigenvalue weighted by Gasteiger charge is -2.17. The zero-order chi connectivity index (χ0) is 21.4. The van der Waals surface area contributed by atoms with Crippen molar-refractivity contribution in [3.05, 3.63) is 66.5 Å². The van der Waals surface area contributed by atoms with Gasteiger partial charge in [-0.15, -0.1) is 0 Å². The fraction of sp³-hybridized carbons (Fsp3) is 0.304. The maximum atomic E-state index is 13.0. The molecule has 0 radical (unpaired) electrons. The highest BCUT2D eigenvalue weighted by atomic mass is 31.2. The molecular weight excluding hydrogens is 397 g/mol. The molecule has 158 valence electrons. The van der Waals surface area contributed by atoms with Gasteiger partial charge in [-0.05, 0) is 43.2 Å². The van der Waals surface area contributed by atoms with Crippen LogP contribution in [0.3, 0.4) is 0 Å². The van der Waals surface area contributed by atoms with E-state index in [1.165, 1.54) is 6.33 Å². The van der Waals surface area contributed by atoms with Crippen molar-refractivity contribution in [3.63, 3.8) is 0 Å². The van der Waals surface area contributed by atoms with E-state index in [-0.39, 0.29) is 0 Å². The molecule has 6 nitrogen and oxygen atoms in total. The number of hydrogen-bond donors (Lipinski definition) is 1. The summed E-state index contributed by atoms with van der Waals surface area (Å²) >= 11 is 0. The first kappa shape index (κ1) is 22.0. The molecule has 7 heteroatoms. The highest BCUT2D eigenvalue weighted by Crippen LogP contribution is 2.50. The van der Waals surface area contributed by atoms with Gasteiger partial charge in [0.2, 0.25) is 7.37 Å². The molecule has 1 atom stereocenters. The Balaban J connectivity index is 1.78. The predicted octanol–water partition coefficient (Wildman–Crippen LogP) is 6.12. The van der Waals surface area contributed by atoms with E-state index in [1.807, 2.05) is 68.4 Å². The molecule has 1 unspecified atom stereocenters. The molecule has 0 saturated carbocycles. The van der Waals surface area contributed by atoms with Crippen LogP contribution in [0.4, 0.5) is 11.5 Å². The van der Waals surface area contributed by atoms with E-state index < -0.39 is 7.37 Å². The Labute approximate surface area is 178 Å². The standard InChI is InChI=1S/C23H28N3O3P/c1-4-12-30(27,29-5-2)16-18-8-6-10-20(13-18)26-23-15-22(24-17-25-23)19-9-7-11-21(14-19)28-3/h6-11,13-15,17H,4-5,12,16H2,1-3H3,(H,24,25,26). The van der Waals surface area contributed by atoms with E-state index in [0.717, 1.165) is 34.7 Å². The number of nitrogens with one attached hydrogen (secondary N) is 1. The van der Waals surface area contributed by atoms with Crippen LogP contribution in [-0.4, -0.2) is 29.8 Å². The maximum Gasteiger partial charge on any atom is 0.207 e. The van der Waals surface area contributed by atoms with Crippen LogP contribution in [0.5, 0.6) is 5.75 Å². The van der Waals surface area contributed by atoms with Crippen LogP contribution >= 0.6 is 7.37 Å². The minimum Gasteiger partial charge on any atom is -0.497 e. The molecule has 0 aliphatic heterocycles. The summed E-state index contributed by atoms with van der Waals surface area (Å²) in [5.74, 6) is 1.46. The monoisotopic (exact) mass is 425 g/mol. The van der Waals surface area contributed by atoms with Gasteiger partial charge in [-0.1, -0.05) is 31.2 Å². The van der Waals surface area contributed by atoms with Crippen LogP contribution in [0.1, 0.15) is 25.8 Å². The topological polar surface area (TPSA) is 73.3 Å². The van der Waals surface area contributed by atoms with Gasteiger partial charge in [0.15, 0.2) is 0 Å². The molecular formula is C23H28N3O3P. The first-order chi connectivity index (χ1) is 14.5. The molecule has 0 aliphatic carbocycles. The molecule has 0 amide bonds. The second kappa shape index (κ2) is 10.4. The number of anilines is 2. The molecule has 0 aliphatic rings. The van der Waals surface area contributed by atoms with Crippen LogP contribution in [-0.2, 0) is 15.3 Å². The van der Waals surface area contributed by atoms with Crippen molar-refractivity contribution in [2.75, 3.05) is 25.2 Å². The van der Waals surface area contributed by atoms with Gasteiger partial charge in [0.25, 0.3) is 0 Å². The Morgan fingerprint density at radius 2 is 1.87 bits per heavy atom. The molecule has 1 heterocycles. The van der Waals surface area contributed by atoms with Crippen molar-refractivity contribution in [3.8, 4) is 17.0 Å². The van der Waals surface area contributed by atoms with Crippen LogP contribution < -0.4 is 10.1 Å². The number of nitrogens with zero attached hydrogens (tertiary/aromatic N) is 2. The summed E-state index contributed by atoms with van der Waals surface area (Å²) in [6, 6.07) is 17.5. The number of rotatable bonds is 10. The summed E-state index contributed by atoms with van der Waals surface area (Å²) in [7, 11) is -1.02. The second-order valence-corrected chi connectivity index (χ2v) is 9.61. The van der Waals surface area contributed by atoms with Crippen molar-refractivity contribution < 1.29 is 13.8 Å². The third kappa shape index (κ3) is 5.91. The van der Waals surface area contributed by atoms with Gasteiger partial charge < -0.3 is 14.6 Å². The quantitative estimate of drug-likeness (QED) is 0.395. The molecule has 0 saturated heterocycles. The van der Waals surface area contributed by atoms with Gasteiger partial charge in [0.1, 0.15) is 17.9 Å². The first-order valence-electron chi connectivity index (χ1n) is 10.1. The second-order valence-electron chi connectivity index (χ2n) is 6.96. The van der Waals surface area contributed by atoms with E-state index in [4.69, 9.17) is 9.26 Å². The molecule has 3 rings (SSSR count). The Kier molecular flexibility index (Phi) is 7.61. The SMILES string of the molecule is CCCP(=O)(Cc1cccc(Nc2cc(-c3cccc(OC)c3)ncn2)c1)OCC. The minimum absolute atomic E-state index is 0.434. The Morgan fingerprint density at radius 3 is 2.63 bits per heavy atom. The summed E-state index contributed by atoms with van der Waals surface area (Å²) in [6.45, 7) is 4.37. The van der Waals surface area contributed by atoms with E-state index >= 15 is 0 Å². The van der Waals surface area contributed by atoms with Crippen LogP contribution in [0, 0.1) is 0 Å².